The number of aliphatic hydroxyl groups is 4. The number of aromatic nitrogens is 2. The minimum Gasteiger partial charge on any atom is -0.462 e. The first-order valence-corrected chi connectivity index (χ1v) is 29.4. The van der Waals surface area contributed by atoms with Gasteiger partial charge in [-0.1, -0.05) is 154 Å². The number of nitrogens with zero attached hydrogens (tertiary/aromatic N) is 2. The Labute approximate surface area is 459 Å². The second-order valence-corrected chi connectivity index (χ2v) is 20.7. The van der Waals surface area contributed by atoms with Crippen molar-refractivity contribution in [1.29, 1.82) is 0 Å². The van der Waals surface area contributed by atoms with Gasteiger partial charge in [-0.3, -0.25) is 23.2 Å². The summed E-state index contributed by atoms with van der Waals surface area (Å²) in [5, 5.41) is 41.0. The van der Waals surface area contributed by atoms with Gasteiger partial charge < -0.3 is 50.2 Å². The van der Waals surface area contributed by atoms with Gasteiger partial charge in [0.15, 0.2) is 12.3 Å². The molecular weight excluding hydrogens is 1050 g/mol. The largest absolute Gasteiger partial charge is 0.481 e. The fourth-order valence-electron chi connectivity index (χ4n) is 6.83. The van der Waals surface area contributed by atoms with E-state index >= 15 is 0 Å². The summed E-state index contributed by atoms with van der Waals surface area (Å²) in [5.74, 6) is -1.53. The van der Waals surface area contributed by atoms with E-state index in [0.29, 0.717) is 32.1 Å². The molecule has 1 aliphatic heterocycles. The third-order valence-electron chi connectivity index (χ3n) is 10.9. The van der Waals surface area contributed by atoms with Crippen LogP contribution in [-0.4, -0.2) is 108 Å². The standard InChI is InChI=1S/C56H83N3O17P2/c1-3-5-7-8-9-10-11-12-13-14-15-16-17-18-19-20-21-26-34-40-52(63)74-48(43-71-51(62)39-33-25-23-22-24-30-36-47(61)38-32-28-27-31-37-46(60)35-29-6-4-2)44-72-77(67,68)76-78(69,70)73-45-49-53(64)54(65)55(75-49)59-42-41-50(57)58-56(59)66/h5-7,9-10,12-13,15-16,18-19,23-25,27-32,37-38,41-42,46-49,53-55,60-61,64-65H,3-4,8,11,14,17,20-22,26,33-36,39-40,43-45H2,1-2H3,(H,67,68)(H,69,70)(H2,57,58,66)/b7-5-,10-9-,13-12-,16-15-,19-18-,25-23-,28-27-,29-6-,30-24-,37-31+,38-32+/t46-,47+,48-,49-,53-,54-,55-/m1/s1. The third kappa shape index (κ3) is 34.0. The molecule has 2 rings (SSSR count). The Morgan fingerprint density at radius 3 is 1.79 bits per heavy atom. The third-order valence-corrected chi connectivity index (χ3v) is 13.5. The number of carbonyl (C=O) groups excluding carboxylic acids is 2. The average molecular weight is 1130 g/mol. The average Bonchev–Trinajstić information content (AvgIpc) is 3.71. The van der Waals surface area contributed by atoms with Crippen molar-refractivity contribution in [3.05, 3.63) is 156 Å². The number of allylic oxidation sites excluding steroid dienone is 18. The lowest BCUT2D eigenvalue weighted by molar-refractivity contribution is -0.161. The minimum atomic E-state index is -5.48. The van der Waals surface area contributed by atoms with Crippen molar-refractivity contribution in [3.63, 3.8) is 0 Å². The molecule has 1 aromatic heterocycles. The normalized spacial score (nSPS) is 20.4. The van der Waals surface area contributed by atoms with E-state index in [0.717, 1.165) is 62.1 Å². The zero-order valence-corrected chi connectivity index (χ0v) is 46.7. The van der Waals surface area contributed by atoms with Crippen LogP contribution in [0.2, 0.25) is 0 Å². The van der Waals surface area contributed by atoms with Crippen LogP contribution in [0.1, 0.15) is 123 Å². The molecule has 1 saturated heterocycles. The number of hydrogen-bond acceptors (Lipinski definition) is 17. The van der Waals surface area contributed by atoms with Crippen molar-refractivity contribution in [2.75, 3.05) is 25.6 Å². The first-order valence-electron chi connectivity index (χ1n) is 26.4. The van der Waals surface area contributed by atoms with Crippen LogP contribution >= 0.6 is 15.6 Å². The number of nitrogens with two attached hydrogens (primary N) is 1. The zero-order chi connectivity index (χ0) is 57.3. The number of aliphatic hydroxyl groups excluding tert-OH is 4. The molecule has 1 aromatic rings. The molecule has 8 N–H and O–H groups in total. The van der Waals surface area contributed by atoms with E-state index in [1.165, 1.54) is 6.07 Å². The van der Waals surface area contributed by atoms with E-state index in [4.69, 9.17) is 29.0 Å². The van der Waals surface area contributed by atoms with Crippen molar-refractivity contribution < 1.29 is 76.5 Å². The number of unbranched alkanes of at least 4 members (excludes halogenated alkanes) is 3. The van der Waals surface area contributed by atoms with Crippen LogP contribution < -0.4 is 11.4 Å². The molecule has 2 unspecified atom stereocenters. The highest BCUT2D eigenvalue weighted by molar-refractivity contribution is 7.61. The van der Waals surface area contributed by atoms with Gasteiger partial charge in [0.2, 0.25) is 0 Å². The smallest absolute Gasteiger partial charge is 0.462 e. The van der Waals surface area contributed by atoms with Gasteiger partial charge >= 0.3 is 33.3 Å². The number of hydrogen-bond donors (Lipinski definition) is 7. The molecule has 78 heavy (non-hydrogen) atoms. The van der Waals surface area contributed by atoms with Crippen LogP contribution in [0.4, 0.5) is 5.82 Å². The molecule has 1 aliphatic rings. The molecule has 0 aromatic carbocycles. The monoisotopic (exact) mass is 1130 g/mol. The molecule has 0 aliphatic carbocycles. The molecule has 0 saturated carbocycles. The Morgan fingerprint density at radius 2 is 1.21 bits per heavy atom. The Bertz CT molecular complexity index is 2370. The maximum absolute atomic E-state index is 12.9. The van der Waals surface area contributed by atoms with Gasteiger partial charge in [0, 0.05) is 19.0 Å². The zero-order valence-electron chi connectivity index (χ0n) is 44.9. The van der Waals surface area contributed by atoms with Crippen molar-refractivity contribution >= 4 is 33.4 Å². The summed E-state index contributed by atoms with van der Waals surface area (Å²) in [6.45, 7) is 1.63. The van der Waals surface area contributed by atoms with E-state index in [-0.39, 0.29) is 25.1 Å². The van der Waals surface area contributed by atoms with Crippen LogP contribution in [0.3, 0.4) is 0 Å². The lowest BCUT2D eigenvalue weighted by Crippen LogP contribution is -2.36. The van der Waals surface area contributed by atoms with Gasteiger partial charge in [-0.25, -0.2) is 13.9 Å². The fourth-order valence-corrected chi connectivity index (χ4v) is 8.94. The lowest BCUT2D eigenvalue weighted by atomic mass is 10.1. The Hall–Kier alpha value is -5.18. The number of carbonyl (C=O) groups is 2. The highest BCUT2D eigenvalue weighted by Gasteiger charge is 2.46. The molecule has 1 fully saturated rings. The highest BCUT2D eigenvalue weighted by atomic mass is 31.3. The molecule has 22 heteroatoms. The predicted molar refractivity (Wildman–Crippen MR) is 300 cm³/mol. The second kappa shape index (κ2) is 41.8. The van der Waals surface area contributed by atoms with Crippen LogP contribution in [-0.2, 0) is 46.3 Å². The predicted octanol–water partition coefficient (Wildman–Crippen LogP) is 9.27. The van der Waals surface area contributed by atoms with Crippen molar-refractivity contribution in [3.8, 4) is 0 Å². The first-order chi connectivity index (χ1) is 37.5. The van der Waals surface area contributed by atoms with Crippen LogP contribution in [0.5, 0.6) is 0 Å². The first kappa shape index (κ1) is 68.9. The van der Waals surface area contributed by atoms with E-state index in [1.54, 1.807) is 42.5 Å². The van der Waals surface area contributed by atoms with Crippen molar-refractivity contribution in [1.82, 2.24) is 9.55 Å². The number of anilines is 1. The van der Waals surface area contributed by atoms with E-state index in [1.807, 2.05) is 37.3 Å². The Morgan fingerprint density at radius 1 is 0.679 bits per heavy atom. The SMILES string of the molecule is CC/C=C\C/C=C\C/C=C\C/C=C\C/C=C\CCCCCC(=O)O[C@H](COC(=O)CC/C=C\C/C=C\C[C@H](O)/C=C/C=C\C=C\[C@H](O)C/C=C\CC)COP(=O)(O)OP(=O)(O)OC[C@H]1O[C@@H](n2ccc(N)nc2=O)[C@H](O)[C@@H]1O. The minimum absolute atomic E-state index is 0.0362. The second-order valence-electron chi connectivity index (χ2n) is 17.7. The lowest BCUT2D eigenvalue weighted by Gasteiger charge is -2.21. The topological polar surface area (TPSA) is 306 Å². The summed E-state index contributed by atoms with van der Waals surface area (Å²) in [4.78, 5) is 62.0. The van der Waals surface area contributed by atoms with Gasteiger partial charge in [-0.05, 0) is 89.5 Å². The van der Waals surface area contributed by atoms with Crippen molar-refractivity contribution in [2.24, 2.45) is 0 Å². The van der Waals surface area contributed by atoms with E-state index in [9.17, 15) is 53.7 Å². The molecule has 0 radical (unpaired) electrons. The number of rotatable bonds is 41. The molecule has 9 atom stereocenters. The van der Waals surface area contributed by atoms with Gasteiger partial charge in [0.05, 0.1) is 25.4 Å². The summed E-state index contributed by atoms with van der Waals surface area (Å²) in [7, 11) is -11.0. The van der Waals surface area contributed by atoms with E-state index in [2.05, 4.69) is 77.0 Å². The molecule has 434 valence electrons. The maximum atomic E-state index is 12.9. The molecule has 0 bridgehead atoms. The summed E-state index contributed by atoms with van der Waals surface area (Å²) in [5.41, 5.74) is 4.57. The number of nitrogen functional groups attached to an aromatic ring is 1. The van der Waals surface area contributed by atoms with Crippen LogP contribution in [0.15, 0.2) is 151 Å². The summed E-state index contributed by atoms with van der Waals surface area (Å²) in [6, 6.07) is 1.23. The van der Waals surface area contributed by atoms with Crippen LogP contribution in [0.25, 0.3) is 0 Å². The van der Waals surface area contributed by atoms with Gasteiger partial charge in [0.25, 0.3) is 0 Å². The van der Waals surface area contributed by atoms with Crippen molar-refractivity contribution in [2.45, 2.75) is 159 Å². The number of phosphoric ester groups is 2. The summed E-state index contributed by atoms with van der Waals surface area (Å²) < 4.78 is 56.6. The maximum Gasteiger partial charge on any atom is 0.481 e. The Kier molecular flexibility index (Phi) is 36.9. The molecule has 20 nitrogen and oxygen atoms in total. The quantitative estimate of drug-likeness (QED) is 0.0106. The van der Waals surface area contributed by atoms with Gasteiger partial charge in [0.1, 0.15) is 30.7 Å². The number of phosphoric acid groups is 2. The highest BCUT2D eigenvalue weighted by Crippen LogP contribution is 2.60. The van der Waals surface area contributed by atoms with Gasteiger partial charge in [-0.2, -0.15) is 9.29 Å². The number of ether oxygens (including phenoxy) is 3. The number of esters is 2. The van der Waals surface area contributed by atoms with E-state index < -0.39 is 95.9 Å². The Balaban J connectivity index is 1.87. The molecule has 0 amide bonds. The molecule has 0 spiro atoms. The molecular formula is C56H83N3O17P2. The summed E-state index contributed by atoms with van der Waals surface area (Å²) in [6.07, 6.45) is 44.5. The summed E-state index contributed by atoms with van der Waals surface area (Å²) >= 11 is 0. The molecule has 2 heterocycles. The van der Waals surface area contributed by atoms with Crippen LogP contribution in [0, 0.1) is 0 Å². The van der Waals surface area contributed by atoms with Gasteiger partial charge in [-0.15, -0.1) is 0 Å². The fraction of sp³-hybridized carbons (Fsp3) is 0.500.